The third kappa shape index (κ3) is 4.46. The summed E-state index contributed by atoms with van der Waals surface area (Å²) in [6.45, 7) is 0. The number of fused-ring (bicyclic) bond motifs is 1. The standard InChI is InChI=1S/C24H18Cl2N4O3/c1-33-18-11-16(17(31)10-13-6-3-2-4-7-13)19(25)22(20(18)26)30-24(32)15-9-5-8-14-21(15)28-12-29-23(14)27/h2-9,11-12H,10H2,1H3,(H,30,32)(H2,27,28,29). The van der Waals surface area contributed by atoms with Crippen LogP contribution in [0.3, 0.4) is 0 Å². The zero-order valence-corrected chi connectivity index (χ0v) is 18.9. The number of halogens is 2. The normalized spacial score (nSPS) is 10.8. The van der Waals surface area contributed by atoms with Gasteiger partial charge in [-0.3, -0.25) is 9.59 Å². The molecule has 3 N–H and O–H groups in total. The van der Waals surface area contributed by atoms with Gasteiger partial charge in [0.05, 0.1) is 28.9 Å². The monoisotopic (exact) mass is 480 g/mol. The third-order valence-electron chi connectivity index (χ3n) is 5.07. The Morgan fingerprint density at radius 3 is 2.48 bits per heavy atom. The molecule has 4 rings (SSSR count). The van der Waals surface area contributed by atoms with Crippen LogP contribution >= 0.6 is 23.2 Å². The number of benzene rings is 3. The first-order valence-electron chi connectivity index (χ1n) is 9.84. The summed E-state index contributed by atoms with van der Waals surface area (Å²) in [6.07, 6.45) is 1.40. The summed E-state index contributed by atoms with van der Waals surface area (Å²) < 4.78 is 5.32. The fourth-order valence-corrected chi connectivity index (χ4v) is 4.04. The zero-order chi connectivity index (χ0) is 23.5. The van der Waals surface area contributed by atoms with Crippen LogP contribution in [0.1, 0.15) is 26.3 Å². The molecule has 0 saturated carbocycles. The Balaban J connectivity index is 1.73. The molecule has 166 valence electrons. The number of ketones is 1. The number of Topliss-reactive ketones (excluding diaryl/α,β-unsaturated/α-hetero) is 1. The van der Waals surface area contributed by atoms with Crippen molar-refractivity contribution >= 4 is 57.3 Å². The van der Waals surface area contributed by atoms with E-state index in [1.165, 1.54) is 19.5 Å². The summed E-state index contributed by atoms with van der Waals surface area (Å²) in [5.41, 5.74) is 7.59. The first-order chi connectivity index (χ1) is 15.9. The molecule has 1 aromatic heterocycles. The van der Waals surface area contributed by atoms with Gasteiger partial charge >= 0.3 is 0 Å². The molecular weight excluding hydrogens is 463 g/mol. The summed E-state index contributed by atoms with van der Waals surface area (Å²) in [4.78, 5) is 34.3. The summed E-state index contributed by atoms with van der Waals surface area (Å²) in [7, 11) is 1.41. The van der Waals surface area contributed by atoms with Crippen molar-refractivity contribution in [3.8, 4) is 5.75 Å². The smallest absolute Gasteiger partial charge is 0.257 e. The minimum atomic E-state index is -0.530. The van der Waals surface area contributed by atoms with Gasteiger partial charge in [-0.1, -0.05) is 59.6 Å². The number of methoxy groups -OCH3 is 1. The van der Waals surface area contributed by atoms with E-state index in [0.29, 0.717) is 10.9 Å². The number of hydrogen-bond acceptors (Lipinski definition) is 6. The number of carbonyl (C=O) groups excluding carboxylic acids is 2. The van der Waals surface area contributed by atoms with Gasteiger partial charge in [0, 0.05) is 17.4 Å². The van der Waals surface area contributed by atoms with Gasteiger partial charge in [-0.25, -0.2) is 9.97 Å². The number of para-hydroxylation sites is 1. The Hall–Kier alpha value is -3.68. The van der Waals surface area contributed by atoms with Crippen molar-refractivity contribution in [3.63, 3.8) is 0 Å². The van der Waals surface area contributed by atoms with Gasteiger partial charge in [-0.2, -0.15) is 0 Å². The second-order valence-corrected chi connectivity index (χ2v) is 7.89. The number of carbonyl (C=O) groups is 2. The van der Waals surface area contributed by atoms with Crippen LogP contribution in [0.15, 0.2) is 60.9 Å². The van der Waals surface area contributed by atoms with Crippen molar-refractivity contribution in [1.29, 1.82) is 0 Å². The van der Waals surface area contributed by atoms with E-state index in [0.717, 1.165) is 5.56 Å². The highest BCUT2D eigenvalue weighted by molar-refractivity contribution is 6.43. The minimum Gasteiger partial charge on any atom is -0.495 e. The second kappa shape index (κ2) is 9.44. The van der Waals surface area contributed by atoms with Gasteiger partial charge in [0.15, 0.2) is 5.78 Å². The molecule has 0 saturated heterocycles. The fraction of sp³-hybridized carbons (Fsp3) is 0.0833. The Morgan fingerprint density at radius 2 is 1.76 bits per heavy atom. The van der Waals surface area contributed by atoms with Crippen LogP contribution in [0.5, 0.6) is 5.75 Å². The van der Waals surface area contributed by atoms with Crippen LogP contribution in [-0.4, -0.2) is 28.8 Å². The molecule has 0 unspecified atom stereocenters. The maximum atomic E-state index is 13.2. The Labute approximate surface area is 199 Å². The molecule has 33 heavy (non-hydrogen) atoms. The van der Waals surface area contributed by atoms with E-state index in [4.69, 9.17) is 33.7 Å². The molecule has 0 fully saturated rings. The molecule has 0 radical (unpaired) electrons. The number of nitrogens with zero attached hydrogens (tertiary/aromatic N) is 2. The molecule has 7 nitrogen and oxygen atoms in total. The van der Waals surface area contributed by atoms with Gasteiger partial charge in [0.2, 0.25) is 0 Å². The molecule has 0 atom stereocenters. The van der Waals surface area contributed by atoms with Crippen molar-refractivity contribution in [2.24, 2.45) is 0 Å². The number of hydrogen-bond donors (Lipinski definition) is 2. The number of ether oxygens (including phenoxy) is 1. The Bertz CT molecular complexity index is 1380. The molecular formula is C24H18Cl2N4O3. The minimum absolute atomic E-state index is 0.0180. The molecule has 3 aromatic carbocycles. The summed E-state index contributed by atoms with van der Waals surface area (Å²) >= 11 is 13.0. The lowest BCUT2D eigenvalue weighted by atomic mass is 10.0. The van der Waals surface area contributed by atoms with Gasteiger partial charge in [0.25, 0.3) is 5.91 Å². The molecule has 0 aliphatic carbocycles. The molecule has 9 heteroatoms. The molecule has 0 aliphatic rings. The van der Waals surface area contributed by atoms with Crippen LogP contribution in [0.2, 0.25) is 10.0 Å². The zero-order valence-electron chi connectivity index (χ0n) is 17.4. The van der Waals surface area contributed by atoms with Crippen LogP contribution < -0.4 is 15.8 Å². The number of anilines is 2. The van der Waals surface area contributed by atoms with E-state index in [1.807, 2.05) is 30.3 Å². The quantitative estimate of drug-likeness (QED) is 0.367. The highest BCUT2D eigenvalue weighted by Crippen LogP contribution is 2.41. The van der Waals surface area contributed by atoms with Gasteiger partial charge in [0.1, 0.15) is 22.9 Å². The Morgan fingerprint density at radius 1 is 1.00 bits per heavy atom. The largest absolute Gasteiger partial charge is 0.495 e. The van der Waals surface area contributed by atoms with Crippen molar-refractivity contribution < 1.29 is 14.3 Å². The average Bonchev–Trinajstić information content (AvgIpc) is 2.82. The lowest BCUT2D eigenvalue weighted by Gasteiger charge is -2.16. The second-order valence-electron chi connectivity index (χ2n) is 7.13. The number of nitrogens with two attached hydrogens (primary N) is 1. The van der Waals surface area contributed by atoms with Gasteiger partial charge < -0.3 is 15.8 Å². The molecule has 0 spiro atoms. The van der Waals surface area contributed by atoms with Crippen molar-refractivity contribution in [2.75, 3.05) is 18.2 Å². The topological polar surface area (TPSA) is 107 Å². The maximum Gasteiger partial charge on any atom is 0.257 e. The van der Waals surface area contributed by atoms with E-state index < -0.39 is 5.91 Å². The summed E-state index contributed by atoms with van der Waals surface area (Å²) in [6, 6.07) is 15.7. The number of nitrogen functional groups attached to an aromatic ring is 1. The SMILES string of the molecule is COc1cc(C(=O)Cc2ccccc2)c(Cl)c(NC(=O)c2cccc3c(N)ncnc23)c1Cl. The lowest BCUT2D eigenvalue weighted by molar-refractivity contribution is 0.0989. The van der Waals surface area contributed by atoms with E-state index in [9.17, 15) is 9.59 Å². The fourth-order valence-electron chi connectivity index (χ4n) is 3.42. The van der Waals surface area contributed by atoms with Crippen LogP contribution in [0.4, 0.5) is 11.5 Å². The Kier molecular flexibility index (Phi) is 6.44. The van der Waals surface area contributed by atoms with Crippen LogP contribution in [0, 0.1) is 0 Å². The van der Waals surface area contributed by atoms with Gasteiger partial charge in [-0.15, -0.1) is 0 Å². The van der Waals surface area contributed by atoms with E-state index >= 15 is 0 Å². The van der Waals surface area contributed by atoms with Gasteiger partial charge in [-0.05, 0) is 23.8 Å². The van der Waals surface area contributed by atoms with Crippen LogP contribution in [0.25, 0.3) is 10.9 Å². The summed E-state index contributed by atoms with van der Waals surface area (Å²) in [5, 5.41) is 3.33. The number of aromatic nitrogens is 2. The third-order valence-corrected chi connectivity index (χ3v) is 5.84. The molecule has 0 bridgehead atoms. The number of amides is 1. The maximum absolute atomic E-state index is 13.2. The molecule has 1 amide bonds. The van der Waals surface area contributed by atoms with Crippen molar-refractivity contribution in [3.05, 3.63) is 87.7 Å². The van der Waals surface area contributed by atoms with Crippen molar-refractivity contribution in [2.45, 2.75) is 6.42 Å². The molecule has 1 heterocycles. The lowest BCUT2D eigenvalue weighted by Crippen LogP contribution is -2.15. The molecule has 0 aliphatic heterocycles. The van der Waals surface area contributed by atoms with Crippen LogP contribution in [-0.2, 0) is 6.42 Å². The predicted octanol–water partition coefficient (Wildman–Crippen LogP) is 5.21. The summed E-state index contributed by atoms with van der Waals surface area (Å²) in [5.74, 6) is -0.322. The highest BCUT2D eigenvalue weighted by Gasteiger charge is 2.23. The highest BCUT2D eigenvalue weighted by atomic mass is 35.5. The van der Waals surface area contributed by atoms with E-state index in [-0.39, 0.29) is 50.6 Å². The van der Waals surface area contributed by atoms with E-state index in [2.05, 4.69) is 15.3 Å². The average molecular weight is 481 g/mol. The first-order valence-corrected chi connectivity index (χ1v) is 10.6. The predicted molar refractivity (Wildman–Crippen MR) is 129 cm³/mol. The van der Waals surface area contributed by atoms with E-state index in [1.54, 1.807) is 18.2 Å². The first kappa shape index (κ1) is 22.5. The molecule has 4 aromatic rings. The van der Waals surface area contributed by atoms with Crippen molar-refractivity contribution in [1.82, 2.24) is 9.97 Å². The number of nitrogens with one attached hydrogen (secondary N) is 1. The number of rotatable bonds is 6.